The van der Waals surface area contributed by atoms with Crippen molar-refractivity contribution >= 4 is 5.97 Å². The fourth-order valence-electron chi connectivity index (χ4n) is 1.47. The summed E-state index contributed by atoms with van der Waals surface area (Å²) in [6, 6.07) is 2.89. The van der Waals surface area contributed by atoms with Gasteiger partial charge in [-0.2, -0.15) is 0 Å². The van der Waals surface area contributed by atoms with Crippen molar-refractivity contribution in [3.8, 4) is 17.2 Å². The van der Waals surface area contributed by atoms with Crippen LogP contribution in [0.15, 0.2) is 12.1 Å². The molecule has 0 aromatic heterocycles. The largest absolute Gasteiger partial charge is 0.489 e. The molecule has 0 aliphatic carbocycles. The molecule has 1 aliphatic rings. The van der Waals surface area contributed by atoms with Crippen molar-refractivity contribution in [2.24, 2.45) is 5.92 Å². The van der Waals surface area contributed by atoms with Crippen molar-refractivity contribution in [1.82, 2.24) is 0 Å². The second kappa shape index (κ2) is 4.53. The quantitative estimate of drug-likeness (QED) is 0.870. The molecule has 5 nitrogen and oxygen atoms in total. The van der Waals surface area contributed by atoms with E-state index in [-0.39, 0.29) is 12.4 Å². The molecule has 1 aromatic carbocycles. The summed E-state index contributed by atoms with van der Waals surface area (Å²) in [5.74, 6) is 0.657. The van der Waals surface area contributed by atoms with Crippen molar-refractivity contribution in [2.75, 3.05) is 13.4 Å². The molecule has 92 valence electrons. The Morgan fingerprint density at radius 2 is 2.24 bits per heavy atom. The molecular formula is C12H14O5. The van der Waals surface area contributed by atoms with E-state index in [1.165, 1.54) is 12.1 Å². The maximum Gasteiger partial charge on any atom is 0.335 e. The lowest BCUT2D eigenvalue weighted by atomic mass is 10.2. The minimum Gasteiger partial charge on any atom is -0.489 e. The maximum absolute atomic E-state index is 10.9. The van der Waals surface area contributed by atoms with Gasteiger partial charge in [0.2, 0.25) is 12.5 Å². The molecule has 0 radical (unpaired) electrons. The highest BCUT2D eigenvalue weighted by Gasteiger charge is 2.22. The molecule has 1 aromatic rings. The van der Waals surface area contributed by atoms with E-state index in [1.54, 1.807) is 0 Å². The lowest BCUT2D eigenvalue weighted by molar-refractivity contribution is 0.0696. The van der Waals surface area contributed by atoms with E-state index in [9.17, 15) is 4.79 Å². The smallest absolute Gasteiger partial charge is 0.335 e. The minimum atomic E-state index is -1.02. The number of fused-ring (bicyclic) bond motifs is 1. The number of ether oxygens (including phenoxy) is 3. The third kappa shape index (κ3) is 2.43. The van der Waals surface area contributed by atoms with Crippen molar-refractivity contribution in [3.63, 3.8) is 0 Å². The van der Waals surface area contributed by atoms with Crippen LogP contribution >= 0.6 is 0 Å². The van der Waals surface area contributed by atoms with Crippen LogP contribution < -0.4 is 14.2 Å². The van der Waals surface area contributed by atoms with Crippen LogP contribution in [0.4, 0.5) is 0 Å². The average molecular weight is 238 g/mol. The van der Waals surface area contributed by atoms with Gasteiger partial charge < -0.3 is 19.3 Å². The normalized spacial score (nSPS) is 12.9. The van der Waals surface area contributed by atoms with Gasteiger partial charge in [-0.05, 0) is 18.1 Å². The Balaban J connectivity index is 2.32. The molecule has 0 bridgehead atoms. The standard InChI is InChI=1S/C12H14O5/c1-7(2)5-15-9-3-8(12(13)14)4-10-11(9)17-6-16-10/h3-4,7H,5-6H2,1-2H3,(H,13,14). The first-order valence-corrected chi connectivity index (χ1v) is 5.37. The van der Waals surface area contributed by atoms with Gasteiger partial charge in [0.1, 0.15) is 0 Å². The summed E-state index contributed by atoms with van der Waals surface area (Å²) < 4.78 is 16.0. The molecule has 5 heteroatoms. The van der Waals surface area contributed by atoms with E-state index in [0.717, 1.165) is 0 Å². The van der Waals surface area contributed by atoms with Gasteiger partial charge in [0.05, 0.1) is 12.2 Å². The zero-order valence-electron chi connectivity index (χ0n) is 9.73. The van der Waals surface area contributed by atoms with E-state index < -0.39 is 5.97 Å². The van der Waals surface area contributed by atoms with Crippen LogP contribution in [-0.4, -0.2) is 24.5 Å². The summed E-state index contributed by atoms with van der Waals surface area (Å²) in [4.78, 5) is 10.9. The highest BCUT2D eigenvalue weighted by Crippen LogP contribution is 2.42. The minimum absolute atomic E-state index is 0.0937. The molecule has 1 aliphatic heterocycles. The number of carboxylic acid groups (broad SMARTS) is 1. The maximum atomic E-state index is 10.9. The Morgan fingerprint density at radius 3 is 2.88 bits per heavy atom. The van der Waals surface area contributed by atoms with Crippen LogP contribution in [0.5, 0.6) is 17.2 Å². The molecule has 2 rings (SSSR count). The Bertz CT molecular complexity index is 439. The summed E-state index contributed by atoms with van der Waals surface area (Å²) in [6.45, 7) is 4.62. The zero-order valence-corrected chi connectivity index (χ0v) is 9.73. The van der Waals surface area contributed by atoms with Crippen LogP contribution in [0.25, 0.3) is 0 Å². The highest BCUT2D eigenvalue weighted by molar-refractivity contribution is 5.89. The van der Waals surface area contributed by atoms with Crippen molar-refractivity contribution in [1.29, 1.82) is 0 Å². The topological polar surface area (TPSA) is 65.0 Å². The average Bonchev–Trinajstić information content (AvgIpc) is 2.73. The molecule has 0 saturated carbocycles. The lowest BCUT2D eigenvalue weighted by Gasteiger charge is -2.11. The van der Waals surface area contributed by atoms with Crippen molar-refractivity contribution in [2.45, 2.75) is 13.8 Å². The fraction of sp³-hybridized carbons (Fsp3) is 0.417. The van der Waals surface area contributed by atoms with E-state index in [0.29, 0.717) is 29.8 Å². The third-order valence-corrected chi connectivity index (χ3v) is 2.26. The first kappa shape index (κ1) is 11.6. The fourth-order valence-corrected chi connectivity index (χ4v) is 1.47. The second-order valence-electron chi connectivity index (χ2n) is 4.22. The number of carboxylic acids is 1. The van der Waals surface area contributed by atoms with Gasteiger partial charge in [-0.1, -0.05) is 13.8 Å². The molecule has 0 fully saturated rings. The number of hydrogen-bond donors (Lipinski definition) is 1. The molecule has 1 heterocycles. The number of hydrogen-bond acceptors (Lipinski definition) is 4. The van der Waals surface area contributed by atoms with E-state index in [1.807, 2.05) is 13.8 Å². The SMILES string of the molecule is CC(C)COc1cc(C(=O)O)cc2c1OCO2. The monoisotopic (exact) mass is 238 g/mol. The summed E-state index contributed by atoms with van der Waals surface area (Å²) in [7, 11) is 0. The van der Waals surface area contributed by atoms with Crippen LogP contribution in [0.2, 0.25) is 0 Å². The van der Waals surface area contributed by atoms with Gasteiger partial charge in [0.15, 0.2) is 11.5 Å². The molecule has 17 heavy (non-hydrogen) atoms. The number of benzene rings is 1. The van der Waals surface area contributed by atoms with Crippen LogP contribution in [-0.2, 0) is 0 Å². The summed E-state index contributed by atoms with van der Waals surface area (Å²) in [5, 5.41) is 8.97. The predicted molar refractivity (Wildman–Crippen MR) is 59.9 cm³/mol. The molecule has 0 amide bonds. The predicted octanol–water partition coefficient (Wildman–Crippen LogP) is 2.15. The van der Waals surface area contributed by atoms with Crippen molar-refractivity contribution < 1.29 is 24.1 Å². The van der Waals surface area contributed by atoms with E-state index >= 15 is 0 Å². The van der Waals surface area contributed by atoms with E-state index in [2.05, 4.69) is 0 Å². The first-order chi connectivity index (χ1) is 8.08. The summed E-state index contributed by atoms with van der Waals surface area (Å²) >= 11 is 0. The van der Waals surface area contributed by atoms with Gasteiger partial charge in [0, 0.05) is 0 Å². The number of rotatable bonds is 4. The molecule has 0 atom stereocenters. The van der Waals surface area contributed by atoms with Gasteiger partial charge >= 0.3 is 5.97 Å². The van der Waals surface area contributed by atoms with Gasteiger partial charge in [0.25, 0.3) is 0 Å². The summed E-state index contributed by atoms with van der Waals surface area (Å²) in [6.07, 6.45) is 0. The van der Waals surface area contributed by atoms with Gasteiger partial charge in [-0.25, -0.2) is 4.79 Å². The van der Waals surface area contributed by atoms with Crippen LogP contribution in [0, 0.1) is 5.92 Å². The molecular weight excluding hydrogens is 224 g/mol. The van der Waals surface area contributed by atoms with Crippen LogP contribution in [0.3, 0.4) is 0 Å². The molecule has 0 spiro atoms. The van der Waals surface area contributed by atoms with Crippen LogP contribution in [0.1, 0.15) is 24.2 Å². The zero-order chi connectivity index (χ0) is 12.4. The van der Waals surface area contributed by atoms with Gasteiger partial charge in [-0.3, -0.25) is 0 Å². The van der Waals surface area contributed by atoms with E-state index in [4.69, 9.17) is 19.3 Å². The molecule has 0 unspecified atom stereocenters. The summed E-state index contributed by atoms with van der Waals surface area (Å²) in [5.41, 5.74) is 0.132. The molecule has 1 N–H and O–H groups in total. The first-order valence-electron chi connectivity index (χ1n) is 5.37. The lowest BCUT2D eigenvalue weighted by Crippen LogP contribution is -2.06. The molecule has 0 saturated heterocycles. The third-order valence-electron chi connectivity index (χ3n) is 2.26. The number of aromatic carboxylic acids is 1. The highest BCUT2D eigenvalue weighted by atomic mass is 16.7. The Kier molecular flexibility index (Phi) is 3.08. The second-order valence-corrected chi connectivity index (χ2v) is 4.22. The Labute approximate surface area is 98.9 Å². The van der Waals surface area contributed by atoms with Crippen molar-refractivity contribution in [3.05, 3.63) is 17.7 Å². The Morgan fingerprint density at radius 1 is 1.47 bits per heavy atom. The Hall–Kier alpha value is -1.91. The van der Waals surface area contributed by atoms with Gasteiger partial charge in [-0.15, -0.1) is 0 Å². The number of carbonyl (C=O) groups is 1.